The van der Waals surface area contributed by atoms with Crippen LogP contribution >= 0.6 is 0 Å². The van der Waals surface area contributed by atoms with Crippen LogP contribution in [0.4, 0.5) is 11.4 Å². The number of rotatable bonds is 10. The van der Waals surface area contributed by atoms with Gasteiger partial charge in [-0.3, -0.25) is 20.2 Å². The van der Waals surface area contributed by atoms with Gasteiger partial charge in [-0.1, -0.05) is 24.3 Å². The number of benzene rings is 2. The van der Waals surface area contributed by atoms with E-state index in [0.29, 0.717) is 26.1 Å². The van der Waals surface area contributed by atoms with Crippen LogP contribution in [0.1, 0.15) is 19.3 Å². The summed E-state index contributed by atoms with van der Waals surface area (Å²) in [5.74, 6) is 0.507. The molecule has 2 rings (SSSR count). The quantitative estimate of drug-likeness (QED) is 0.364. The fourth-order valence-corrected chi connectivity index (χ4v) is 2.21. The molecule has 0 aliphatic rings. The molecule has 132 valence electrons. The molecule has 0 heterocycles. The molecule has 0 aliphatic carbocycles. The van der Waals surface area contributed by atoms with Crippen molar-refractivity contribution in [3.05, 3.63) is 68.8 Å². The monoisotopic (exact) mass is 346 g/mol. The molecule has 0 aliphatic heterocycles. The van der Waals surface area contributed by atoms with E-state index in [1.54, 1.807) is 36.4 Å². The highest BCUT2D eigenvalue weighted by Crippen LogP contribution is 2.27. The lowest BCUT2D eigenvalue weighted by atomic mass is 10.2. The van der Waals surface area contributed by atoms with Crippen LogP contribution in [-0.2, 0) is 0 Å². The SMILES string of the molecule is O=[N+]([O-])c1ccccc1OCCCCCOc1ccccc1[N+](=O)[O-]. The van der Waals surface area contributed by atoms with Gasteiger partial charge in [-0.05, 0) is 31.4 Å². The molecule has 0 amide bonds. The summed E-state index contributed by atoms with van der Waals surface area (Å²) in [5, 5.41) is 21.7. The minimum Gasteiger partial charge on any atom is -0.487 e. The second kappa shape index (κ2) is 9.21. The van der Waals surface area contributed by atoms with Crippen LogP contribution in [0.5, 0.6) is 11.5 Å². The molecule has 0 fully saturated rings. The van der Waals surface area contributed by atoms with E-state index in [1.807, 2.05) is 0 Å². The molecule has 25 heavy (non-hydrogen) atoms. The van der Waals surface area contributed by atoms with Gasteiger partial charge in [0.2, 0.25) is 0 Å². The summed E-state index contributed by atoms with van der Waals surface area (Å²) < 4.78 is 10.9. The van der Waals surface area contributed by atoms with E-state index in [0.717, 1.165) is 6.42 Å². The Hall–Kier alpha value is -3.16. The maximum atomic E-state index is 10.9. The number of unbranched alkanes of at least 4 members (excludes halogenated alkanes) is 2. The Labute approximate surface area is 144 Å². The Bertz CT molecular complexity index is 673. The second-order valence-corrected chi connectivity index (χ2v) is 5.21. The first kappa shape index (κ1) is 18.2. The first-order valence-electron chi connectivity index (χ1n) is 7.82. The first-order chi connectivity index (χ1) is 12.1. The minimum absolute atomic E-state index is 0.0535. The standard InChI is InChI=1S/C17H18N2O6/c20-18(21)14-8-2-4-10-16(14)24-12-6-1-7-13-25-17-11-5-3-9-15(17)19(22)23/h2-5,8-11H,1,6-7,12-13H2. The fourth-order valence-electron chi connectivity index (χ4n) is 2.21. The van der Waals surface area contributed by atoms with E-state index in [9.17, 15) is 20.2 Å². The van der Waals surface area contributed by atoms with E-state index in [4.69, 9.17) is 9.47 Å². The Balaban J connectivity index is 1.68. The number of nitro groups is 2. The van der Waals surface area contributed by atoms with Gasteiger partial charge in [0.25, 0.3) is 0 Å². The zero-order valence-corrected chi connectivity index (χ0v) is 13.5. The topological polar surface area (TPSA) is 105 Å². The van der Waals surface area contributed by atoms with E-state index in [-0.39, 0.29) is 22.9 Å². The number of nitro benzene ring substituents is 2. The highest BCUT2D eigenvalue weighted by Gasteiger charge is 2.14. The van der Waals surface area contributed by atoms with E-state index in [1.165, 1.54) is 12.1 Å². The Morgan fingerprint density at radius 2 is 1.08 bits per heavy atom. The zero-order chi connectivity index (χ0) is 18.1. The molecule has 0 aromatic heterocycles. The van der Waals surface area contributed by atoms with Crippen molar-refractivity contribution in [1.82, 2.24) is 0 Å². The molecule has 0 spiro atoms. The van der Waals surface area contributed by atoms with Crippen molar-refractivity contribution in [3.63, 3.8) is 0 Å². The van der Waals surface area contributed by atoms with Crippen molar-refractivity contribution < 1.29 is 19.3 Å². The van der Waals surface area contributed by atoms with Gasteiger partial charge in [0, 0.05) is 12.1 Å². The number of ether oxygens (including phenoxy) is 2. The summed E-state index contributed by atoms with van der Waals surface area (Å²) in [4.78, 5) is 20.8. The summed E-state index contributed by atoms with van der Waals surface area (Å²) in [6, 6.07) is 12.5. The lowest BCUT2D eigenvalue weighted by Gasteiger charge is -2.08. The number of para-hydroxylation sites is 4. The van der Waals surface area contributed by atoms with Gasteiger partial charge >= 0.3 is 11.4 Å². The van der Waals surface area contributed by atoms with Crippen LogP contribution in [0.2, 0.25) is 0 Å². The Kier molecular flexibility index (Phi) is 6.70. The maximum absolute atomic E-state index is 10.9. The van der Waals surface area contributed by atoms with Crippen molar-refractivity contribution in [1.29, 1.82) is 0 Å². The largest absolute Gasteiger partial charge is 0.487 e. The first-order valence-corrected chi connectivity index (χ1v) is 7.82. The van der Waals surface area contributed by atoms with Crippen LogP contribution in [0.25, 0.3) is 0 Å². The Morgan fingerprint density at radius 3 is 1.48 bits per heavy atom. The van der Waals surface area contributed by atoms with Crippen molar-refractivity contribution in [3.8, 4) is 11.5 Å². The second-order valence-electron chi connectivity index (χ2n) is 5.21. The van der Waals surface area contributed by atoms with Crippen molar-refractivity contribution in [2.24, 2.45) is 0 Å². The summed E-state index contributed by atoms with van der Waals surface area (Å²) in [6.07, 6.45) is 2.18. The third kappa shape index (κ3) is 5.45. The Morgan fingerprint density at radius 1 is 0.680 bits per heavy atom. The van der Waals surface area contributed by atoms with Crippen LogP contribution < -0.4 is 9.47 Å². The molecule has 0 radical (unpaired) electrons. The van der Waals surface area contributed by atoms with Crippen molar-refractivity contribution in [2.45, 2.75) is 19.3 Å². The molecular formula is C17H18N2O6. The third-order valence-electron chi connectivity index (χ3n) is 3.43. The molecule has 8 heteroatoms. The van der Waals surface area contributed by atoms with Crippen LogP contribution in [0, 0.1) is 20.2 Å². The van der Waals surface area contributed by atoms with E-state index < -0.39 is 9.85 Å². The van der Waals surface area contributed by atoms with Gasteiger partial charge in [-0.15, -0.1) is 0 Å². The molecule has 0 bridgehead atoms. The molecule has 2 aromatic rings. The molecule has 0 saturated heterocycles. The normalized spacial score (nSPS) is 10.2. The van der Waals surface area contributed by atoms with Crippen molar-refractivity contribution in [2.75, 3.05) is 13.2 Å². The predicted molar refractivity (Wildman–Crippen MR) is 91.0 cm³/mol. The highest BCUT2D eigenvalue weighted by atomic mass is 16.6. The number of hydrogen-bond donors (Lipinski definition) is 0. The average molecular weight is 346 g/mol. The van der Waals surface area contributed by atoms with Gasteiger partial charge in [0.1, 0.15) is 0 Å². The van der Waals surface area contributed by atoms with Crippen LogP contribution in [0.15, 0.2) is 48.5 Å². The van der Waals surface area contributed by atoms with Gasteiger partial charge in [-0.2, -0.15) is 0 Å². The lowest BCUT2D eigenvalue weighted by molar-refractivity contribution is -0.386. The molecule has 2 aromatic carbocycles. The molecule has 0 atom stereocenters. The lowest BCUT2D eigenvalue weighted by Crippen LogP contribution is -2.03. The van der Waals surface area contributed by atoms with Crippen LogP contribution in [0.3, 0.4) is 0 Å². The number of nitrogens with zero attached hydrogens (tertiary/aromatic N) is 2. The van der Waals surface area contributed by atoms with E-state index in [2.05, 4.69) is 0 Å². The zero-order valence-electron chi connectivity index (χ0n) is 13.5. The number of hydrogen-bond acceptors (Lipinski definition) is 6. The smallest absolute Gasteiger partial charge is 0.310 e. The molecular weight excluding hydrogens is 328 g/mol. The average Bonchev–Trinajstić information content (AvgIpc) is 2.61. The summed E-state index contributed by atoms with van der Waals surface area (Å²) in [7, 11) is 0. The maximum Gasteiger partial charge on any atom is 0.310 e. The van der Waals surface area contributed by atoms with Crippen molar-refractivity contribution >= 4 is 11.4 Å². The molecule has 0 unspecified atom stereocenters. The third-order valence-corrected chi connectivity index (χ3v) is 3.43. The van der Waals surface area contributed by atoms with Crippen LogP contribution in [-0.4, -0.2) is 23.1 Å². The molecule has 0 saturated carbocycles. The van der Waals surface area contributed by atoms with Gasteiger partial charge in [-0.25, -0.2) is 0 Å². The predicted octanol–water partition coefficient (Wildman–Crippen LogP) is 4.13. The molecule has 0 N–H and O–H groups in total. The minimum atomic E-state index is -0.476. The highest BCUT2D eigenvalue weighted by molar-refractivity contribution is 5.46. The summed E-state index contributed by atoms with van der Waals surface area (Å²) >= 11 is 0. The van der Waals surface area contributed by atoms with Gasteiger partial charge in [0.05, 0.1) is 23.1 Å². The summed E-state index contributed by atoms with van der Waals surface area (Å²) in [5.41, 5.74) is -0.107. The van der Waals surface area contributed by atoms with Gasteiger partial charge in [0.15, 0.2) is 11.5 Å². The van der Waals surface area contributed by atoms with E-state index >= 15 is 0 Å². The fraction of sp³-hybridized carbons (Fsp3) is 0.294. The molecule has 8 nitrogen and oxygen atoms in total. The summed E-state index contributed by atoms with van der Waals surface area (Å²) in [6.45, 7) is 0.715. The van der Waals surface area contributed by atoms with Gasteiger partial charge < -0.3 is 9.47 Å².